The summed E-state index contributed by atoms with van der Waals surface area (Å²) in [5.74, 6) is 0.195. The molecule has 0 saturated carbocycles. The first-order valence-electron chi connectivity index (χ1n) is 5.55. The maximum Gasteiger partial charge on any atom is 0.255 e. The molecule has 2 aromatic rings. The second kappa shape index (κ2) is 6.08. The quantitative estimate of drug-likeness (QED) is 0.825. The number of anilines is 1. The fraction of sp³-hybridized carbons (Fsp3) is 0.0714. The molecule has 0 aromatic heterocycles. The van der Waals surface area contributed by atoms with E-state index >= 15 is 0 Å². The summed E-state index contributed by atoms with van der Waals surface area (Å²) in [5, 5.41) is 12.3. The van der Waals surface area contributed by atoms with E-state index in [0.29, 0.717) is 21.6 Å². The summed E-state index contributed by atoms with van der Waals surface area (Å²) >= 11 is 8.86. The van der Waals surface area contributed by atoms with Gasteiger partial charge >= 0.3 is 0 Å². The largest absolute Gasteiger partial charge is 0.507 e. The predicted octanol–water partition coefficient (Wildman–Crippen LogP) is 4.15. The van der Waals surface area contributed by atoms with Gasteiger partial charge in [0.1, 0.15) is 5.75 Å². The number of benzene rings is 2. The lowest BCUT2D eigenvalue weighted by Crippen LogP contribution is -2.11. The Kier molecular flexibility index (Phi) is 4.45. The zero-order valence-electron chi connectivity index (χ0n) is 9.86. The van der Waals surface area contributed by atoms with Crippen LogP contribution in [0.2, 0.25) is 0 Å². The van der Waals surface area contributed by atoms with E-state index in [1.165, 1.54) is 6.07 Å². The van der Waals surface area contributed by atoms with Gasteiger partial charge in [-0.1, -0.05) is 12.1 Å². The number of nitrogens with one attached hydrogen (secondary N) is 1. The van der Waals surface area contributed by atoms with Crippen LogP contribution in [0.4, 0.5) is 5.69 Å². The molecule has 0 saturated heterocycles. The minimum Gasteiger partial charge on any atom is -0.507 e. The summed E-state index contributed by atoms with van der Waals surface area (Å²) in [6, 6.07) is 11.9. The Morgan fingerprint density at radius 1 is 1.21 bits per heavy atom. The van der Waals surface area contributed by atoms with Crippen molar-refractivity contribution in [2.75, 3.05) is 5.32 Å². The van der Waals surface area contributed by atoms with Crippen molar-refractivity contribution < 1.29 is 9.90 Å². The Balaban J connectivity index is 2.13. The number of carbonyl (C=O) groups excluding carboxylic acids is 1. The van der Waals surface area contributed by atoms with E-state index in [2.05, 4.69) is 21.2 Å². The van der Waals surface area contributed by atoms with Gasteiger partial charge in [0.15, 0.2) is 0 Å². The van der Waals surface area contributed by atoms with E-state index in [0.717, 1.165) is 5.56 Å². The van der Waals surface area contributed by atoms with Gasteiger partial charge in [-0.2, -0.15) is 0 Å². The van der Waals surface area contributed by atoms with Gasteiger partial charge in [-0.05, 0) is 51.8 Å². The number of halogens is 2. The number of carbonyl (C=O) groups is 1. The van der Waals surface area contributed by atoms with Gasteiger partial charge in [0.25, 0.3) is 5.91 Å². The Labute approximate surface area is 124 Å². The van der Waals surface area contributed by atoms with Crippen LogP contribution in [0, 0.1) is 0 Å². The molecule has 0 bridgehead atoms. The molecule has 0 aliphatic rings. The summed E-state index contributed by atoms with van der Waals surface area (Å²) in [4.78, 5) is 12.0. The average molecular weight is 341 g/mol. The number of phenolic OH excluding ortho intramolecular Hbond substituents is 1. The molecule has 5 heteroatoms. The van der Waals surface area contributed by atoms with Gasteiger partial charge in [-0.25, -0.2) is 0 Å². The van der Waals surface area contributed by atoms with Crippen molar-refractivity contribution >= 4 is 39.1 Å². The van der Waals surface area contributed by atoms with Crippen LogP contribution in [0.3, 0.4) is 0 Å². The standard InChI is InChI=1S/C14H11BrClNO2/c15-12-6-3-10(7-13(12)18)14(19)17-11-4-1-9(8-16)2-5-11/h1-7,18H,8H2,(H,17,19). The molecule has 0 aliphatic heterocycles. The molecule has 0 heterocycles. The molecule has 1 amide bonds. The number of hydrogen-bond donors (Lipinski definition) is 2. The predicted molar refractivity (Wildman–Crippen MR) is 79.8 cm³/mol. The number of hydrogen-bond acceptors (Lipinski definition) is 2. The molecule has 0 aliphatic carbocycles. The van der Waals surface area contributed by atoms with Crippen LogP contribution in [0.1, 0.15) is 15.9 Å². The normalized spacial score (nSPS) is 10.2. The Morgan fingerprint density at radius 2 is 1.89 bits per heavy atom. The number of phenols is 1. The van der Waals surface area contributed by atoms with Crippen molar-refractivity contribution in [3.05, 3.63) is 58.1 Å². The molecule has 2 rings (SSSR count). The van der Waals surface area contributed by atoms with Gasteiger partial charge in [-0.15, -0.1) is 11.6 Å². The molecule has 2 N–H and O–H groups in total. The second-order valence-corrected chi connectivity index (χ2v) is 5.07. The van der Waals surface area contributed by atoms with Gasteiger partial charge in [0, 0.05) is 17.1 Å². The third kappa shape index (κ3) is 3.49. The first-order chi connectivity index (χ1) is 9.10. The average Bonchev–Trinajstić information content (AvgIpc) is 2.42. The maximum absolute atomic E-state index is 12.0. The van der Waals surface area contributed by atoms with Crippen LogP contribution in [-0.4, -0.2) is 11.0 Å². The van der Waals surface area contributed by atoms with Crippen molar-refractivity contribution in [2.45, 2.75) is 5.88 Å². The van der Waals surface area contributed by atoms with Gasteiger partial charge in [0.05, 0.1) is 4.47 Å². The molecule has 0 fully saturated rings. The summed E-state index contributed by atoms with van der Waals surface area (Å²) in [6.07, 6.45) is 0. The maximum atomic E-state index is 12.0. The Hall–Kier alpha value is -1.52. The first-order valence-corrected chi connectivity index (χ1v) is 6.87. The van der Waals surface area contributed by atoms with Crippen LogP contribution >= 0.6 is 27.5 Å². The van der Waals surface area contributed by atoms with Crippen molar-refractivity contribution in [3.63, 3.8) is 0 Å². The number of rotatable bonds is 3. The summed E-state index contributed by atoms with van der Waals surface area (Å²) in [7, 11) is 0. The first kappa shape index (κ1) is 13.9. The number of aromatic hydroxyl groups is 1. The van der Waals surface area contributed by atoms with Crippen molar-refractivity contribution in [1.29, 1.82) is 0 Å². The fourth-order valence-corrected chi connectivity index (χ4v) is 1.96. The molecular formula is C14H11BrClNO2. The van der Waals surface area contributed by atoms with Crippen molar-refractivity contribution in [1.82, 2.24) is 0 Å². The van der Waals surface area contributed by atoms with Gasteiger partial charge in [0.2, 0.25) is 0 Å². The third-order valence-electron chi connectivity index (χ3n) is 2.57. The lowest BCUT2D eigenvalue weighted by atomic mass is 10.2. The van der Waals surface area contributed by atoms with Crippen LogP contribution in [0.25, 0.3) is 0 Å². The molecule has 0 unspecified atom stereocenters. The molecule has 0 spiro atoms. The zero-order chi connectivity index (χ0) is 13.8. The highest BCUT2D eigenvalue weighted by Crippen LogP contribution is 2.24. The summed E-state index contributed by atoms with van der Waals surface area (Å²) in [6.45, 7) is 0. The number of alkyl halides is 1. The SMILES string of the molecule is O=C(Nc1ccc(CCl)cc1)c1ccc(Br)c(O)c1. The molecule has 0 atom stereocenters. The summed E-state index contributed by atoms with van der Waals surface area (Å²) in [5.41, 5.74) is 2.06. The van der Waals surface area contributed by atoms with E-state index in [9.17, 15) is 9.90 Å². The smallest absolute Gasteiger partial charge is 0.255 e. The van der Waals surface area contributed by atoms with E-state index in [1.807, 2.05) is 12.1 Å². The minimum absolute atomic E-state index is 0.0325. The lowest BCUT2D eigenvalue weighted by Gasteiger charge is -2.06. The molecule has 98 valence electrons. The third-order valence-corrected chi connectivity index (χ3v) is 3.55. The molecule has 2 aromatic carbocycles. The minimum atomic E-state index is -0.276. The summed E-state index contributed by atoms with van der Waals surface area (Å²) < 4.78 is 0.551. The van der Waals surface area contributed by atoms with E-state index in [-0.39, 0.29) is 11.7 Å². The van der Waals surface area contributed by atoms with Crippen LogP contribution in [0.5, 0.6) is 5.75 Å². The Morgan fingerprint density at radius 3 is 2.47 bits per heavy atom. The molecule has 3 nitrogen and oxygen atoms in total. The molecule has 0 radical (unpaired) electrons. The van der Waals surface area contributed by atoms with Crippen LogP contribution < -0.4 is 5.32 Å². The second-order valence-electron chi connectivity index (χ2n) is 3.95. The van der Waals surface area contributed by atoms with Gasteiger partial charge in [-0.3, -0.25) is 4.79 Å². The molecular weight excluding hydrogens is 330 g/mol. The highest BCUT2D eigenvalue weighted by atomic mass is 79.9. The topological polar surface area (TPSA) is 49.3 Å². The van der Waals surface area contributed by atoms with E-state index in [1.54, 1.807) is 24.3 Å². The number of amides is 1. The Bertz CT molecular complexity index is 599. The van der Waals surface area contributed by atoms with Crippen LogP contribution in [-0.2, 0) is 5.88 Å². The zero-order valence-corrected chi connectivity index (χ0v) is 12.2. The van der Waals surface area contributed by atoms with Gasteiger partial charge < -0.3 is 10.4 Å². The highest BCUT2D eigenvalue weighted by molar-refractivity contribution is 9.10. The van der Waals surface area contributed by atoms with Crippen molar-refractivity contribution in [2.24, 2.45) is 0 Å². The lowest BCUT2D eigenvalue weighted by molar-refractivity contribution is 0.102. The van der Waals surface area contributed by atoms with E-state index < -0.39 is 0 Å². The highest BCUT2D eigenvalue weighted by Gasteiger charge is 2.08. The van der Waals surface area contributed by atoms with Crippen LogP contribution in [0.15, 0.2) is 46.9 Å². The monoisotopic (exact) mass is 339 g/mol. The van der Waals surface area contributed by atoms with E-state index in [4.69, 9.17) is 11.6 Å². The molecule has 19 heavy (non-hydrogen) atoms. The van der Waals surface area contributed by atoms with Crippen molar-refractivity contribution in [3.8, 4) is 5.75 Å². The fourth-order valence-electron chi connectivity index (χ4n) is 1.53.